The first kappa shape index (κ1) is 16.2. The molecule has 10 aromatic rings. The molecule has 0 aliphatic heterocycles. The van der Waals surface area contributed by atoms with E-state index in [0.717, 1.165) is 21.6 Å². The van der Waals surface area contributed by atoms with Crippen LogP contribution < -0.4 is 4.90 Å². The Bertz CT molecular complexity index is 4090. The highest BCUT2D eigenvalue weighted by atomic mass is 16.3. The van der Waals surface area contributed by atoms with E-state index in [2.05, 4.69) is 0 Å². The van der Waals surface area contributed by atoms with E-state index < -0.39 is 178 Å². The predicted octanol–water partition coefficient (Wildman–Crippen LogP) is 14.9. The molecule has 1 aromatic heterocycles. The maximum absolute atomic E-state index is 9.67. The number of rotatable bonds is 7. The van der Waals surface area contributed by atoms with Crippen LogP contribution in [0.4, 0.5) is 17.1 Å². The standard InChI is InChI=1S/C52H35NO/c1-3-10-36(11-4-1)38-18-22-40(23-19-38)42-26-31-45(32-27-42)53(46-33-28-43(29-34-46)41-24-20-39(21-25-41)37-12-5-2-6-13-37)49-16-9-17-50-51(49)48-35-30-44-14-7-8-15-47(44)52(48)54-50/h1-35H/i1D,3D,4D,7D,8D,9D,10D,11D,14D,15D,16D,17D,18D,19D,22D,23D,26D,27D,30D,31D,32D,35D. The molecule has 1 heterocycles. The second-order valence-corrected chi connectivity index (χ2v) is 12.0. The molecule has 0 saturated carbocycles. The van der Waals surface area contributed by atoms with E-state index in [1.54, 1.807) is 12.1 Å². The van der Waals surface area contributed by atoms with Crippen molar-refractivity contribution in [3.63, 3.8) is 0 Å². The van der Waals surface area contributed by atoms with Crippen molar-refractivity contribution < 1.29 is 34.6 Å². The third-order valence-electron chi connectivity index (χ3n) is 8.86. The lowest BCUT2D eigenvalue weighted by Gasteiger charge is -2.26. The lowest BCUT2D eigenvalue weighted by Crippen LogP contribution is -2.10. The summed E-state index contributed by atoms with van der Waals surface area (Å²) in [5.41, 5.74) is -1.48. The first-order chi connectivity index (χ1) is 35.9. The van der Waals surface area contributed by atoms with Gasteiger partial charge in [0.1, 0.15) is 11.2 Å². The molecule has 254 valence electrons. The summed E-state index contributed by atoms with van der Waals surface area (Å²) in [5.74, 6) is 0. The summed E-state index contributed by atoms with van der Waals surface area (Å²) in [6.45, 7) is 0. The number of anilines is 3. The SMILES string of the molecule is [2H]c1c([2H])c([2H])c(-c2c([2H])c([2H])c(-c3c([2H])c([2H])c(N(c4ccc(-c5ccc(-c6ccccc6)cc5)cc4)c4c([2H])c([2H])c([2H])c5oc6c7c([2H])c([2H])c([2H])c([2H])c7c([2H])c([2H])c6c45)c([2H])c3[2H])c([2H])c2[2H])c([2H])c1[2H]. The van der Waals surface area contributed by atoms with Gasteiger partial charge in [0.2, 0.25) is 0 Å². The number of benzene rings is 9. The number of furan rings is 1. The van der Waals surface area contributed by atoms with Crippen LogP contribution in [0.5, 0.6) is 0 Å². The van der Waals surface area contributed by atoms with E-state index in [1.807, 2.05) is 54.6 Å². The molecule has 2 nitrogen and oxygen atoms in total. The monoisotopic (exact) mass is 711 g/mol. The Hall–Kier alpha value is -7.16. The van der Waals surface area contributed by atoms with Crippen molar-refractivity contribution in [2.75, 3.05) is 4.90 Å². The van der Waals surface area contributed by atoms with Crippen LogP contribution in [-0.2, 0) is 0 Å². The van der Waals surface area contributed by atoms with E-state index in [4.69, 9.17) is 26.3 Å². The zero-order chi connectivity index (χ0) is 55.0. The summed E-state index contributed by atoms with van der Waals surface area (Å²) in [4.78, 5) is 1.06. The molecule has 9 aromatic carbocycles. The largest absolute Gasteiger partial charge is 0.455 e. The van der Waals surface area contributed by atoms with Crippen molar-refractivity contribution in [2.24, 2.45) is 0 Å². The van der Waals surface area contributed by atoms with Crippen molar-refractivity contribution in [1.29, 1.82) is 0 Å². The van der Waals surface area contributed by atoms with Crippen LogP contribution in [-0.4, -0.2) is 0 Å². The Balaban J connectivity index is 1.27. The Morgan fingerprint density at radius 3 is 1.59 bits per heavy atom. The third-order valence-corrected chi connectivity index (χ3v) is 8.86. The molecule has 0 unspecified atom stereocenters. The minimum absolute atomic E-state index is 0.00652. The molecule has 0 saturated heterocycles. The van der Waals surface area contributed by atoms with Gasteiger partial charge in [-0.05, 0) is 92.2 Å². The van der Waals surface area contributed by atoms with E-state index in [9.17, 15) is 8.22 Å². The normalized spacial score (nSPS) is 17.0. The van der Waals surface area contributed by atoms with E-state index in [1.165, 1.54) is 12.1 Å². The van der Waals surface area contributed by atoms with Crippen molar-refractivity contribution in [1.82, 2.24) is 0 Å². The van der Waals surface area contributed by atoms with Gasteiger partial charge in [0.25, 0.3) is 0 Å². The van der Waals surface area contributed by atoms with Gasteiger partial charge in [-0.3, -0.25) is 0 Å². The molecular formula is C52H35NO. The van der Waals surface area contributed by atoms with Gasteiger partial charge in [-0.2, -0.15) is 0 Å². The van der Waals surface area contributed by atoms with E-state index >= 15 is 0 Å². The highest BCUT2D eigenvalue weighted by Crippen LogP contribution is 2.45. The zero-order valence-corrected chi connectivity index (χ0v) is 27.9. The van der Waals surface area contributed by atoms with Crippen LogP contribution in [0.15, 0.2) is 216 Å². The summed E-state index contributed by atoms with van der Waals surface area (Å²) in [5, 5.41) is -1.41. The average molecular weight is 712 g/mol. The van der Waals surface area contributed by atoms with Crippen molar-refractivity contribution in [3.8, 4) is 44.5 Å². The summed E-state index contributed by atoms with van der Waals surface area (Å²) < 4.78 is 203. The highest BCUT2D eigenvalue weighted by molar-refractivity contribution is 6.19. The molecule has 0 spiro atoms. The molecular weight excluding hydrogens is 655 g/mol. The van der Waals surface area contributed by atoms with Gasteiger partial charge in [0, 0.05) is 22.1 Å². The molecule has 0 N–H and O–H groups in total. The van der Waals surface area contributed by atoms with Gasteiger partial charge >= 0.3 is 0 Å². The summed E-state index contributed by atoms with van der Waals surface area (Å²) >= 11 is 0. The third kappa shape index (κ3) is 5.71. The van der Waals surface area contributed by atoms with Gasteiger partial charge in [-0.1, -0.05) is 169 Å². The average Bonchev–Trinajstić information content (AvgIpc) is 3.83. The Morgan fingerprint density at radius 2 is 0.926 bits per heavy atom. The van der Waals surface area contributed by atoms with Gasteiger partial charge in [-0.25, -0.2) is 0 Å². The van der Waals surface area contributed by atoms with E-state index in [0.29, 0.717) is 5.56 Å². The fourth-order valence-corrected chi connectivity index (χ4v) is 6.26. The summed E-state index contributed by atoms with van der Waals surface area (Å²) in [6.07, 6.45) is 0. The van der Waals surface area contributed by atoms with Crippen LogP contribution in [0.1, 0.15) is 30.2 Å². The van der Waals surface area contributed by atoms with Gasteiger partial charge < -0.3 is 9.32 Å². The number of hydrogen-bond donors (Lipinski definition) is 0. The molecule has 54 heavy (non-hydrogen) atoms. The maximum atomic E-state index is 9.67. The van der Waals surface area contributed by atoms with Crippen LogP contribution in [0.3, 0.4) is 0 Å². The number of nitrogens with zero attached hydrogens (tertiary/aromatic N) is 1. The molecule has 10 rings (SSSR count). The first-order valence-electron chi connectivity index (χ1n) is 27.6. The summed E-state index contributed by atoms with van der Waals surface area (Å²) in [7, 11) is 0. The lowest BCUT2D eigenvalue weighted by atomic mass is 9.99. The molecule has 0 radical (unpaired) electrons. The quantitative estimate of drug-likeness (QED) is 0.164. The molecule has 0 aliphatic rings. The smallest absolute Gasteiger partial charge is 0.143 e. The number of fused-ring (bicyclic) bond motifs is 5. The minimum atomic E-state index is -0.940. The Morgan fingerprint density at radius 1 is 0.370 bits per heavy atom. The van der Waals surface area contributed by atoms with Crippen LogP contribution >= 0.6 is 0 Å². The van der Waals surface area contributed by atoms with Gasteiger partial charge in [0.05, 0.1) is 41.2 Å². The highest BCUT2D eigenvalue weighted by Gasteiger charge is 2.20. The Kier molecular flexibility index (Phi) is 4.04. The molecule has 0 bridgehead atoms. The van der Waals surface area contributed by atoms with Crippen LogP contribution in [0, 0.1) is 0 Å². The fraction of sp³-hybridized carbons (Fsp3) is 0. The van der Waals surface area contributed by atoms with Gasteiger partial charge in [0.15, 0.2) is 0 Å². The first-order valence-corrected chi connectivity index (χ1v) is 16.6. The Labute approximate surface area is 345 Å². The van der Waals surface area contributed by atoms with Crippen LogP contribution in [0.2, 0.25) is 0 Å². The fourth-order valence-electron chi connectivity index (χ4n) is 6.26. The second-order valence-electron chi connectivity index (χ2n) is 12.0. The molecule has 0 amide bonds. The van der Waals surface area contributed by atoms with E-state index in [-0.39, 0.29) is 27.2 Å². The zero-order valence-electron chi connectivity index (χ0n) is 49.9. The van der Waals surface area contributed by atoms with Crippen molar-refractivity contribution >= 4 is 49.8 Å². The van der Waals surface area contributed by atoms with Crippen molar-refractivity contribution in [2.45, 2.75) is 0 Å². The van der Waals surface area contributed by atoms with Crippen LogP contribution in [0.25, 0.3) is 77.2 Å². The topological polar surface area (TPSA) is 16.4 Å². The predicted molar refractivity (Wildman–Crippen MR) is 228 cm³/mol. The van der Waals surface area contributed by atoms with Gasteiger partial charge in [-0.15, -0.1) is 0 Å². The molecule has 2 heteroatoms. The summed E-state index contributed by atoms with van der Waals surface area (Å²) in [6, 6.07) is 5.80. The molecule has 0 fully saturated rings. The number of hydrogen-bond acceptors (Lipinski definition) is 2. The molecule has 0 atom stereocenters. The lowest BCUT2D eigenvalue weighted by molar-refractivity contribution is 0.672. The maximum Gasteiger partial charge on any atom is 0.143 e. The van der Waals surface area contributed by atoms with Crippen molar-refractivity contribution in [3.05, 3.63) is 212 Å². The second kappa shape index (κ2) is 13.4. The minimum Gasteiger partial charge on any atom is -0.455 e. The molecule has 0 aliphatic carbocycles.